The van der Waals surface area contributed by atoms with Gasteiger partial charge in [0.2, 0.25) is 5.13 Å². The van der Waals surface area contributed by atoms with E-state index in [0.717, 1.165) is 37.2 Å². The number of anilines is 2. The third-order valence-corrected chi connectivity index (χ3v) is 5.18. The fourth-order valence-electron chi connectivity index (χ4n) is 2.45. The van der Waals surface area contributed by atoms with Gasteiger partial charge in [0.15, 0.2) is 5.01 Å². The largest absolute Gasteiger partial charge is 0.488 e. The smallest absolute Gasteiger partial charge is 0.210 e. The maximum absolute atomic E-state index is 6.00. The molecule has 0 aliphatic heterocycles. The van der Waals surface area contributed by atoms with E-state index in [1.54, 1.807) is 12.4 Å². The van der Waals surface area contributed by atoms with Crippen molar-refractivity contribution in [2.45, 2.75) is 6.61 Å². The fourth-order valence-corrected chi connectivity index (χ4v) is 3.51. The second kappa shape index (κ2) is 8.28. The highest BCUT2D eigenvalue weighted by Crippen LogP contribution is 2.34. The first kappa shape index (κ1) is 17.6. The molecule has 0 saturated heterocycles. The van der Waals surface area contributed by atoms with Crippen LogP contribution < -0.4 is 10.1 Å². The number of benzene rings is 2. The molecule has 134 valence electrons. The summed E-state index contributed by atoms with van der Waals surface area (Å²) in [7, 11) is 0. The summed E-state index contributed by atoms with van der Waals surface area (Å²) in [5.74, 6) is 0.778. The molecule has 0 bridgehead atoms. The standard InChI is InChI=1S/C20H15BrN4OS/c21-15-5-7-16(8-6-15)23-20-25-24-19(27-20)17-3-1-2-4-18(17)26-13-14-9-11-22-12-10-14/h1-12H,13H2,(H,23,25). The summed E-state index contributed by atoms with van der Waals surface area (Å²) < 4.78 is 7.04. The van der Waals surface area contributed by atoms with Crippen molar-refractivity contribution >= 4 is 38.1 Å². The van der Waals surface area contributed by atoms with Gasteiger partial charge in [0.25, 0.3) is 0 Å². The lowest BCUT2D eigenvalue weighted by Crippen LogP contribution is -1.96. The van der Waals surface area contributed by atoms with Gasteiger partial charge in [0.05, 0.1) is 5.56 Å². The molecule has 0 aliphatic carbocycles. The molecule has 0 spiro atoms. The van der Waals surface area contributed by atoms with Gasteiger partial charge in [-0.25, -0.2) is 0 Å². The third-order valence-electron chi connectivity index (χ3n) is 3.78. The minimum Gasteiger partial charge on any atom is -0.488 e. The Hall–Kier alpha value is -2.77. The van der Waals surface area contributed by atoms with E-state index in [9.17, 15) is 0 Å². The lowest BCUT2D eigenvalue weighted by atomic mass is 10.2. The lowest BCUT2D eigenvalue weighted by Gasteiger charge is -2.09. The zero-order valence-corrected chi connectivity index (χ0v) is 16.6. The molecule has 1 N–H and O–H groups in total. The molecule has 7 heteroatoms. The summed E-state index contributed by atoms with van der Waals surface area (Å²) in [5.41, 5.74) is 2.95. The second-order valence-electron chi connectivity index (χ2n) is 5.68. The molecule has 0 aliphatic rings. The SMILES string of the molecule is Brc1ccc(Nc2nnc(-c3ccccc3OCc3ccncc3)s2)cc1. The van der Waals surface area contributed by atoms with Crippen LogP contribution in [0.3, 0.4) is 0 Å². The summed E-state index contributed by atoms with van der Waals surface area (Å²) in [6.07, 6.45) is 3.52. The summed E-state index contributed by atoms with van der Waals surface area (Å²) in [6, 6.07) is 19.7. The maximum Gasteiger partial charge on any atom is 0.210 e. The Balaban J connectivity index is 1.52. The number of nitrogens with zero attached hydrogens (tertiary/aromatic N) is 3. The molecule has 0 atom stereocenters. The van der Waals surface area contributed by atoms with E-state index < -0.39 is 0 Å². The normalized spacial score (nSPS) is 10.6. The van der Waals surface area contributed by atoms with Gasteiger partial charge in [-0.3, -0.25) is 4.98 Å². The zero-order chi connectivity index (χ0) is 18.5. The van der Waals surface area contributed by atoms with Crippen molar-refractivity contribution in [1.82, 2.24) is 15.2 Å². The molecule has 2 aromatic carbocycles. The van der Waals surface area contributed by atoms with E-state index in [4.69, 9.17) is 4.74 Å². The van der Waals surface area contributed by atoms with Crippen LogP contribution in [0, 0.1) is 0 Å². The van der Waals surface area contributed by atoms with Gasteiger partial charge in [-0.05, 0) is 54.1 Å². The van der Waals surface area contributed by atoms with Crippen molar-refractivity contribution in [2.75, 3.05) is 5.32 Å². The average Bonchev–Trinajstić information content (AvgIpc) is 3.17. The predicted octanol–water partition coefficient (Wildman–Crippen LogP) is 5.69. The highest BCUT2D eigenvalue weighted by atomic mass is 79.9. The molecule has 4 aromatic rings. The number of rotatable bonds is 6. The quantitative estimate of drug-likeness (QED) is 0.419. The molecule has 2 aromatic heterocycles. The van der Waals surface area contributed by atoms with Crippen molar-refractivity contribution in [1.29, 1.82) is 0 Å². The number of hydrogen-bond donors (Lipinski definition) is 1. The lowest BCUT2D eigenvalue weighted by molar-refractivity contribution is 0.307. The number of ether oxygens (including phenoxy) is 1. The van der Waals surface area contributed by atoms with Gasteiger partial charge in [-0.1, -0.05) is 39.4 Å². The highest BCUT2D eigenvalue weighted by molar-refractivity contribution is 9.10. The number of hydrogen-bond acceptors (Lipinski definition) is 6. The van der Waals surface area contributed by atoms with E-state index in [1.807, 2.05) is 60.7 Å². The third kappa shape index (κ3) is 4.50. The Morgan fingerprint density at radius 2 is 1.70 bits per heavy atom. The number of para-hydroxylation sites is 1. The number of halogens is 1. The number of pyridine rings is 1. The minimum atomic E-state index is 0.475. The predicted molar refractivity (Wildman–Crippen MR) is 111 cm³/mol. The molecule has 4 rings (SSSR count). The van der Waals surface area contributed by atoms with Gasteiger partial charge >= 0.3 is 0 Å². The van der Waals surface area contributed by atoms with Crippen molar-refractivity contribution in [3.05, 3.63) is 83.1 Å². The van der Waals surface area contributed by atoms with Gasteiger partial charge < -0.3 is 10.1 Å². The van der Waals surface area contributed by atoms with E-state index in [1.165, 1.54) is 11.3 Å². The molecular formula is C20H15BrN4OS. The number of nitrogens with one attached hydrogen (secondary N) is 1. The first-order valence-electron chi connectivity index (χ1n) is 8.25. The van der Waals surface area contributed by atoms with Gasteiger partial charge in [0.1, 0.15) is 12.4 Å². The Labute approximate surface area is 169 Å². The van der Waals surface area contributed by atoms with E-state index >= 15 is 0 Å². The maximum atomic E-state index is 6.00. The summed E-state index contributed by atoms with van der Waals surface area (Å²) >= 11 is 4.92. The summed E-state index contributed by atoms with van der Waals surface area (Å²) in [4.78, 5) is 4.03. The fraction of sp³-hybridized carbons (Fsp3) is 0.0500. The van der Waals surface area contributed by atoms with Crippen LogP contribution in [0.2, 0.25) is 0 Å². The summed E-state index contributed by atoms with van der Waals surface area (Å²) in [6.45, 7) is 0.475. The zero-order valence-electron chi connectivity index (χ0n) is 14.2. The molecule has 0 unspecified atom stereocenters. The van der Waals surface area contributed by atoms with Crippen LogP contribution in [0.5, 0.6) is 5.75 Å². The first-order valence-corrected chi connectivity index (χ1v) is 9.86. The average molecular weight is 439 g/mol. The van der Waals surface area contributed by atoms with Crippen LogP contribution in [0.4, 0.5) is 10.8 Å². The van der Waals surface area contributed by atoms with Gasteiger partial charge in [-0.15, -0.1) is 10.2 Å². The Bertz CT molecular complexity index is 1020. The molecule has 27 heavy (non-hydrogen) atoms. The minimum absolute atomic E-state index is 0.475. The van der Waals surface area contributed by atoms with E-state index in [2.05, 4.69) is 36.4 Å². The molecule has 0 fully saturated rings. The number of aromatic nitrogens is 3. The van der Waals surface area contributed by atoms with Gasteiger partial charge in [-0.2, -0.15) is 0 Å². The van der Waals surface area contributed by atoms with Crippen molar-refractivity contribution in [2.24, 2.45) is 0 Å². The molecule has 0 amide bonds. The van der Waals surface area contributed by atoms with Crippen LogP contribution in [0.25, 0.3) is 10.6 Å². The monoisotopic (exact) mass is 438 g/mol. The molecule has 0 saturated carbocycles. The van der Waals surface area contributed by atoms with Crippen molar-refractivity contribution in [3.63, 3.8) is 0 Å². The van der Waals surface area contributed by atoms with Crippen LogP contribution in [-0.2, 0) is 6.61 Å². The van der Waals surface area contributed by atoms with Gasteiger partial charge in [0, 0.05) is 22.6 Å². The van der Waals surface area contributed by atoms with E-state index in [0.29, 0.717) is 6.61 Å². The Kier molecular flexibility index (Phi) is 5.41. The van der Waals surface area contributed by atoms with Crippen LogP contribution in [0.1, 0.15) is 5.56 Å². The second-order valence-corrected chi connectivity index (χ2v) is 7.58. The molecule has 2 heterocycles. The van der Waals surface area contributed by atoms with Crippen molar-refractivity contribution < 1.29 is 4.74 Å². The molecule has 5 nitrogen and oxygen atoms in total. The van der Waals surface area contributed by atoms with Crippen LogP contribution in [0.15, 0.2) is 77.5 Å². The Morgan fingerprint density at radius 1 is 0.926 bits per heavy atom. The Morgan fingerprint density at radius 3 is 2.52 bits per heavy atom. The topological polar surface area (TPSA) is 59.9 Å². The molecular weight excluding hydrogens is 424 g/mol. The van der Waals surface area contributed by atoms with Crippen LogP contribution in [-0.4, -0.2) is 15.2 Å². The van der Waals surface area contributed by atoms with Crippen molar-refractivity contribution in [3.8, 4) is 16.3 Å². The van der Waals surface area contributed by atoms with E-state index in [-0.39, 0.29) is 0 Å². The highest BCUT2D eigenvalue weighted by Gasteiger charge is 2.12. The first-order chi connectivity index (χ1) is 13.3. The molecule has 0 radical (unpaired) electrons. The van der Waals surface area contributed by atoms with Crippen LogP contribution >= 0.6 is 27.3 Å². The summed E-state index contributed by atoms with van der Waals surface area (Å²) in [5, 5.41) is 13.4.